The molecule has 0 amide bonds. The lowest BCUT2D eigenvalue weighted by Gasteiger charge is -2.13. The van der Waals surface area contributed by atoms with Gasteiger partial charge in [-0.2, -0.15) is 4.98 Å². The largest absolute Gasteiger partial charge is 0.481 e. The summed E-state index contributed by atoms with van der Waals surface area (Å²) in [6, 6.07) is 30.7. The number of carbonyl (C=O) groups is 1. The highest BCUT2D eigenvalue weighted by Crippen LogP contribution is 2.49. The van der Waals surface area contributed by atoms with Crippen molar-refractivity contribution in [3.63, 3.8) is 0 Å². The zero-order valence-corrected chi connectivity index (χ0v) is 20.7. The van der Waals surface area contributed by atoms with Gasteiger partial charge in [0, 0.05) is 11.6 Å². The van der Waals surface area contributed by atoms with Gasteiger partial charge in [0.2, 0.25) is 5.88 Å². The lowest BCUT2D eigenvalue weighted by atomic mass is 9.92. The van der Waals surface area contributed by atoms with E-state index in [4.69, 9.17) is 9.26 Å². The van der Waals surface area contributed by atoms with Crippen molar-refractivity contribution in [2.24, 2.45) is 0 Å². The highest BCUT2D eigenvalue weighted by atomic mass is 16.5. The maximum absolute atomic E-state index is 11.7. The first-order chi connectivity index (χ1) is 18.5. The molecule has 188 valence electrons. The Labute approximate surface area is 219 Å². The van der Waals surface area contributed by atoms with Crippen molar-refractivity contribution >= 4 is 17.5 Å². The van der Waals surface area contributed by atoms with Crippen LogP contribution in [0.25, 0.3) is 22.5 Å². The fourth-order valence-corrected chi connectivity index (χ4v) is 4.63. The predicted octanol–water partition coefficient (Wildman–Crippen LogP) is 7.36. The van der Waals surface area contributed by atoms with Crippen molar-refractivity contribution < 1.29 is 19.2 Å². The number of nitrogens with zero attached hydrogens (tertiary/aromatic N) is 2. The lowest BCUT2D eigenvalue weighted by molar-refractivity contribution is -0.140. The Morgan fingerprint density at radius 1 is 0.895 bits per heavy atom. The van der Waals surface area contributed by atoms with Crippen molar-refractivity contribution in [2.45, 2.75) is 25.2 Å². The fraction of sp³-hybridized carbons (Fsp3) is 0.129. The Hall–Kier alpha value is -4.91. The van der Waals surface area contributed by atoms with E-state index in [0.717, 1.165) is 22.3 Å². The van der Waals surface area contributed by atoms with Crippen LogP contribution in [0.1, 0.15) is 24.1 Å². The quantitative estimate of drug-likeness (QED) is 0.228. The Bertz CT molecular complexity index is 1610. The molecule has 0 radical (unpaired) electrons. The molecule has 1 aliphatic rings. The van der Waals surface area contributed by atoms with Gasteiger partial charge in [0.1, 0.15) is 22.9 Å². The van der Waals surface area contributed by atoms with Gasteiger partial charge in [-0.1, -0.05) is 78.0 Å². The first-order valence-corrected chi connectivity index (χ1v) is 12.4. The van der Waals surface area contributed by atoms with Gasteiger partial charge in [-0.05, 0) is 54.7 Å². The minimum absolute atomic E-state index is 0.465. The van der Waals surface area contributed by atoms with E-state index in [1.165, 1.54) is 0 Å². The molecule has 7 nitrogen and oxygen atoms in total. The van der Waals surface area contributed by atoms with E-state index in [-0.39, 0.29) is 0 Å². The molecule has 1 aliphatic carbocycles. The normalized spacial score (nSPS) is 13.6. The number of carboxylic acid groups (broad SMARTS) is 1. The third-order valence-electron chi connectivity index (χ3n) is 6.88. The molecule has 1 saturated carbocycles. The molecule has 7 heteroatoms. The monoisotopic (exact) mass is 503 g/mol. The molecule has 5 aromatic rings. The van der Waals surface area contributed by atoms with E-state index in [0.29, 0.717) is 47.4 Å². The van der Waals surface area contributed by atoms with Crippen LogP contribution in [0.5, 0.6) is 11.6 Å². The molecule has 6 rings (SSSR count). The zero-order chi connectivity index (χ0) is 26.1. The molecule has 38 heavy (non-hydrogen) atoms. The van der Waals surface area contributed by atoms with Crippen LogP contribution >= 0.6 is 0 Å². The van der Waals surface area contributed by atoms with Crippen LogP contribution in [-0.2, 0) is 10.2 Å². The van der Waals surface area contributed by atoms with E-state index >= 15 is 0 Å². The predicted molar refractivity (Wildman–Crippen MR) is 145 cm³/mol. The SMILES string of the molecule is Cc1noc(-c2ccccc2-c2ccc(C3(C(=O)O)CC3)cc2)c1Nc1cccc(Oc2ccccc2)n1. The molecule has 0 aliphatic heterocycles. The van der Waals surface area contributed by atoms with Crippen molar-refractivity contribution in [2.75, 3.05) is 5.32 Å². The average molecular weight is 504 g/mol. The second-order valence-electron chi connectivity index (χ2n) is 9.38. The molecule has 2 N–H and O–H groups in total. The van der Waals surface area contributed by atoms with E-state index < -0.39 is 11.4 Å². The summed E-state index contributed by atoms with van der Waals surface area (Å²) in [5.41, 5.74) is 4.28. The third kappa shape index (κ3) is 4.39. The number of benzene rings is 3. The number of para-hydroxylation sites is 1. The molecular weight excluding hydrogens is 478 g/mol. The minimum atomic E-state index is -0.759. The molecular formula is C31H25N3O4. The van der Waals surface area contributed by atoms with E-state index in [1.54, 1.807) is 6.07 Å². The van der Waals surface area contributed by atoms with Gasteiger partial charge in [0.05, 0.1) is 5.41 Å². The average Bonchev–Trinajstić information content (AvgIpc) is 3.69. The number of hydrogen-bond acceptors (Lipinski definition) is 6. The Morgan fingerprint density at radius 2 is 1.61 bits per heavy atom. The molecule has 2 aromatic heterocycles. The number of hydrogen-bond donors (Lipinski definition) is 2. The lowest BCUT2D eigenvalue weighted by Crippen LogP contribution is -2.19. The second kappa shape index (κ2) is 9.52. The summed E-state index contributed by atoms with van der Waals surface area (Å²) >= 11 is 0. The van der Waals surface area contributed by atoms with E-state index in [9.17, 15) is 9.90 Å². The van der Waals surface area contributed by atoms with Crippen LogP contribution in [0.15, 0.2) is 102 Å². The topological polar surface area (TPSA) is 97.5 Å². The summed E-state index contributed by atoms with van der Waals surface area (Å²) < 4.78 is 11.7. The van der Waals surface area contributed by atoms with Crippen molar-refractivity contribution in [1.29, 1.82) is 0 Å². The summed E-state index contributed by atoms with van der Waals surface area (Å²) in [4.78, 5) is 16.3. The van der Waals surface area contributed by atoms with Crippen molar-refractivity contribution in [1.82, 2.24) is 10.1 Å². The van der Waals surface area contributed by atoms with Gasteiger partial charge in [0.15, 0.2) is 5.76 Å². The highest BCUT2D eigenvalue weighted by molar-refractivity contribution is 5.89. The van der Waals surface area contributed by atoms with E-state index in [2.05, 4.69) is 15.5 Å². The molecule has 0 saturated heterocycles. The number of pyridine rings is 1. The minimum Gasteiger partial charge on any atom is -0.481 e. The number of ether oxygens (including phenoxy) is 1. The van der Waals surface area contributed by atoms with Gasteiger partial charge < -0.3 is 19.7 Å². The molecule has 0 spiro atoms. The first-order valence-electron chi connectivity index (χ1n) is 12.4. The number of nitrogens with one attached hydrogen (secondary N) is 1. The number of anilines is 2. The summed E-state index contributed by atoms with van der Waals surface area (Å²) in [6.07, 6.45) is 1.35. The number of rotatable bonds is 8. The molecule has 0 atom stereocenters. The van der Waals surface area contributed by atoms with Crippen LogP contribution in [0, 0.1) is 6.92 Å². The Kier molecular flexibility index (Phi) is 5.88. The molecule has 1 fully saturated rings. The van der Waals surface area contributed by atoms with Crippen LogP contribution in [0.2, 0.25) is 0 Å². The summed E-state index contributed by atoms with van der Waals surface area (Å²) in [5.74, 6) is 1.59. The molecule has 3 aromatic carbocycles. The van der Waals surface area contributed by atoms with Gasteiger partial charge in [-0.15, -0.1) is 0 Å². The van der Waals surface area contributed by atoms with Crippen LogP contribution in [0.3, 0.4) is 0 Å². The fourth-order valence-electron chi connectivity index (χ4n) is 4.63. The zero-order valence-electron chi connectivity index (χ0n) is 20.7. The number of aliphatic carboxylic acids is 1. The summed E-state index contributed by atoms with van der Waals surface area (Å²) in [7, 11) is 0. The van der Waals surface area contributed by atoms with Crippen molar-refractivity contribution in [3.8, 4) is 34.1 Å². The van der Waals surface area contributed by atoms with Crippen LogP contribution < -0.4 is 10.1 Å². The standard InChI is InChI=1S/C31H25N3O4/c1-20-28(33-26-12-7-13-27(32-26)37-23-8-3-2-4-9-23)29(38-34-20)25-11-6-5-10-24(25)21-14-16-22(17-15-21)31(18-19-31)30(35)36/h2-17H,18-19H2,1H3,(H,32,33)(H,35,36). The molecule has 2 heterocycles. The maximum atomic E-state index is 11.7. The Morgan fingerprint density at radius 3 is 2.32 bits per heavy atom. The number of aromatic nitrogens is 2. The smallest absolute Gasteiger partial charge is 0.314 e. The summed E-state index contributed by atoms with van der Waals surface area (Å²) in [6.45, 7) is 1.87. The summed E-state index contributed by atoms with van der Waals surface area (Å²) in [5, 5.41) is 17.2. The van der Waals surface area contributed by atoms with Crippen LogP contribution in [0.4, 0.5) is 11.5 Å². The number of carboxylic acids is 1. The van der Waals surface area contributed by atoms with Gasteiger partial charge in [-0.3, -0.25) is 4.79 Å². The maximum Gasteiger partial charge on any atom is 0.314 e. The molecule has 0 unspecified atom stereocenters. The van der Waals surface area contributed by atoms with Gasteiger partial charge in [0.25, 0.3) is 0 Å². The van der Waals surface area contributed by atoms with Gasteiger partial charge >= 0.3 is 5.97 Å². The highest BCUT2D eigenvalue weighted by Gasteiger charge is 2.51. The van der Waals surface area contributed by atoms with Crippen LogP contribution in [-0.4, -0.2) is 21.2 Å². The Balaban J connectivity index is 1.31. The van der Waals surface area contributed by atoms with Crippen molar-refractivity contribution in [3.05, 3.63) is 108 Å². The first kappa shape index (κ1) is 23.5. The third-order valence-corrected chi connectivity index (χ3v) is 6.88. The molecule has 0 bridgehead atoms. The van der Waals surface area contributed by atoms with E-state index in [1.807, 2.05) is 97.9 Å². The number of aryl methyl sites for hydroxylation is 1. The van der Waals surface area contributed by atoms with Gasteiger partial charge in [-0.25, -0.2) is 0 Å². The second-order valence-corrected chi connectivity index (χ2v) is 9.38.